The Morgan fingerprint density at radius 1 is 1.25 bits per heavy atom. The van der Waals surface area contributed by atoms with E-state index >= 15 is 0 Å². The Labute approximate surface area is 124 Å². The molecule has 0 amide bonds. The van der Waals surface area contributed by atoms with Crippen molar-refractivity contribution in [1.29, 1.82) is 0 Å². The van der Waals surface area contributed by atoms with Gasteiger partial charge in [-0.3, -0.25) is 4.98 Å². The van der Waals surface area contributed by atoms with Gasteiger partial charge in [-0.15, -0.1) is 0 Å². The van der Waals surface area contributed by atoms with Crippen molar-refractivity contribution in [3.8, 4) is 0 Å². The summed E-state index contributed by atoms with van der Waals surface area (Å²) in [5.41, 5.74) is 8.98. The van der Waals surface area contributed by atoms with Crippen LogP contribution in [0.2, 0.25) is 0 Å². The first kappa shape index (κ1) is 14.4. The van der Waals surface area contributed by atoms with Gasteiger partial charge in [-0.25, -0.2) is 4.98 Å². The first-order chi connectivity index (χ1) is 9.59. The first-order valence-electron chi connectivity index (χ1n) is 6.45. The third-order valence-corrected chi connectivity index (χ3v) is 3.44. The maximum Gasteiger partial charge on any atom is 0.138 e. The molecule has 0 aliphatic rings. The van der Waals surface area contributed by atoms with Gasteiger partial charge in [0.05, 0.1) is 5.56 Å². The molecule has 0 radical (unpaired) electrons. The first-order valence-corrected chi connectivity index (χ1v) is 6.86. The summed E-state index contributed by atoms with van der Waals surface area (Å²) in [7, 11) is 2.00. The van der Waals surface area contributed by atoms with E-state index in [9.17, 15) is 0 Å². The lowest BCUT2D eigenvalue weighted by molar-refractivity contribution is 0.856. The highest BCUT2D eigenvalue weighted by atomic mass is 32.1. The Morgan fingerprint density at radius 3 is 2.60 bits per heavy atom. The molecule has 2 aromatic heterocycles. The van der Waals surface area contributed by atoms with Gasteiger partial charge in [-0.1, -0.05) is 12.2 Å². The zero-order chi connectivity index (χ0) is 14.5. The van der Waals surface area contributed by atoms with Crippen LogP contribution in [0.5, 0.6) is 0 Å². The van der Waals surface area contributed by atoms with Crippen LogP contribution >= 0.6 is 12.2 Å². The highest BCUT2D eigenvalue weighted by Gasteiger charge is 2.13. The summed E-state index contributed by atoms with van der Waals surface area (Å²) < 4.78 is 0. The van der Waals surface area contributed by atoms with Crippen molar-refractivity contribution >= 4 is 23.0 Å². The topological polar surface area (TPSA) is 55.0 Å². The number of likely N-dealkylation sites (N-methyl/N-ethyl adjacent to an activating group) is 1. The van der Waals surface area contributed by atoms with Gasteiger partial charge in [0, 0.05) is 32.2 Å². The third-order valence-electron chi connectivity index (χ3n) is 3.23. The monoisotopic (exact) mass is 286 g/mol. The number of thiocarbonyl (C=S) groups is 1. The molecule has 2 heterocycles. The summed E-state index contributed by atoms with van der Waals surface area (Å²) in [5, 5.41) is 0. The summed E-state index contributed by atoms with van der Waals surface area (Å²) in [4.78, 5) is 10.9. The van der Waals surface area contributed by atoms with Crippen LogP contribution in [0.15, 0.2) is 36.8 Å². The van der Waals surface area contributed by atoms with Crippen LogP contribution in [0.3, 0.4) is 0 Å². The summed E-state index contributed by atoms with van der Waals surface area (Å²) in [6.45, 7) is 2.84. The molecule has 0 unspecified atom stereocenters. The minimum atomic E-state index is 0.390. The summed E-state index contributed by atoms with van der Waals surface area (Å²) in [6.07, 6.45) is 6.32. The zero-order valence-corrected chi connectivity index (χ0v) is 12.5. The third kappa shape index (κ3) is 3.30. The predicted molar refractivity (Wildman–Crippen MR) is 86.1 cm³/mol. The number of pyridine rings is 2. The van der Waals surface area contributed by atoms with Crippen LogP contribution in [0.1, 0.15) is 16.7 Å². The molecular weight excluding hydrogens is 268 g/mol. The van der Waals surface area contributed by atoms with E-state index in [0.29, 0.717) is 4.99 Å². The lowest BCUT2D eigenvalue weighted by Crippen LogP contribution is -2.26. The van der Waals surface area contributed by atoms with Gasteiger partial charge in [-0.2, -0.15) is 0 Å². The molecule has 2 aromatic rings. The number of hydrogen-bond acceptors (Lipinski definition) is 4. The Balaban J connectivity index is 2.15. The largest absolute Gasteiger partial charge is 0.389 e. The second kappa shape index (κ2) is 6.43. The van der Waals surface area contributed by atoms with Gasteiger partial charge in [0.15, 0.2) is 0 Å². The summed E-state index contributed by atoms with van der Waals surface area (Å²) in [6, 6.07) is 5.96. The van der Waals surface area contributed by atoms with Crippen molar-refractivity contribution in [1.82, 2.24) is 9.97 Å². The number of aryl methyl sites for hydroxylation is 1. The molecule has 0 aliphatic carbocycles. The van der Waals surface area contributed by atoms with Gasteiger partial charge in [0.25, 0.3) is 0 Å². The molecule has 4 nitrogen and oxygen atoms in total. The minimum absolute atomic E-state index is 0.390. The maximum atomic E-state index is 5.82. The van der Waals surface area contributed by atoms with E-state index in [0.717, 1.165) is 29.9 Å². The van der Waals surface area contributed by atoms with Gasteiger partial charge >= 0.3 is 0 Å². The predicted octanol–water partition coefficient (Wildman–Crippen LogP) is 2.10. The summed E-state index contributed by atoms with van der Waals surface area (Å²) >= 11 is 5.14. The second-order valence-electron chi connectivity index (χ2n) is 4.72. The van der Waals surface area contributed by atoms with Crippen LogP contribution in [-0.4, -0.2) is 28.5 Å². The van der Waals surface area contributed by atoms with E-state index in [1.54, 1.807) is 18.6 Å². The Kier molecular flexibility index (Phi) is 4.63. The normalized spacial score (nSPS) is 10.3. The van der Waals surface area contributed by atoms with Gasteiger partial charge in [0.1, 0.15) is 10.8 Å². The lowest BCUT2D eigenvalue weighted by atomic mass is 10.1. The highest BCUT2D eigenvalue weighted by molar-refractivity contribution is 7.80. The van der Waals surface area contributed by atoms with Crippen LogP contribution < -0.4 is 10.6 Å². The molecular formula is C15H18N4S. The molecule has 0 atom stereocenters. The van der Waals surface area contributed by atoms with Gasteiger partial charge in [0.2, 0.25) is 0 Å². The zero-order valence-electron chi connectivity index (χ0n) is 11.7. The molecule has 5 heteroatoms. The van der Waals surface area contributed by atoms with Crippen molar-refractivity contribution in [2.45, 2.75) is 13.3 Å². The quantitative estimate of drug-likeness (QED) is 0.853. The van der Waals surface area contributed by atoms with Gasteiger partial charge in [-0.05, 0) is 42.7 Å². The van der Waals surface area contributed by atoms with Gasteiger partial charge < -0.3 is 10.6 Å². The standard InChI is InChI=1S/C15H18N4S/c1-11-3-9-18-15(13(11)14(16)20)19(2)10-6-12-4-7-17-8-5-12/h3-5,7-9H,6,10H2,1-2H3,(H2,16,20). The molecule has 0 saturated heterocycles. The molecule has 0 aliphatic heterocycles. The number of nitrogens with zero attached hydrogens (tertiary/aromatic N) is 3. The fraction of sp³-hybridized carbons (Fsp3) is 0.267. The second-order valence-corrected chi connectivity index (χ2v) is 5.16. The van der Waals surface area contributed by atoms with Crippen LogP contribution in [0.25, 0.3) is 0 Å². The molecule has 0 aromatic carbocycles. The highest BCUT2D eigenvalue weighted by Crippen LogP contribution is 2.20. The van der Waals surface area contributed by atoms with E-state index in [4.69, 9.17) is 18.0 Å². The summed E-state index contributed by atoms with van der Waals surface area (Å²) in [5.74, 6) is 0.839. The molecule has 2 rings (SSSR count). The molecule has 104 valence electrons. The molecule has 0 saturated carbocycles. The number of hydrogen-bond donors (Lipinski definition) is 1. The van der Waals surface area contributed by atoms with Crippen molar-refractivity contribution in [3.63, 3.8) is 0 Å². The van der Waals surface area contributed by atoms with E-state index in [1.165, 1.54) is 5.56 Å². The van der Waals surface area contributed by atoms with Crippen molar-refractivity contribution in [2.24, 2.45) is 5.73 Å². The Bertz CT molecular complexity index is 598. The number of aromatic nitrogens is 2. The Hall–Kier alpha value is -2.01. The van der Waals surface area contributed by atoms with Crippen LogP contribution in [0.4, 0.5) is 5.82 Å². The van der Waals surface area contributed by atoms with E-state index in [2.05, 4.69) is 14.9 Å². The molecule has 2 N–H and O–H groups in total. The van der Waals surface area contributed by atoms with E-state index in [-0.39, 0.29) is 0 Å². The van der Waals surface area contributed by atoms with E-state index in [1.807, 2.05) is 32.2 Å². The molecule has 0 spiro atoms. The number of anilines is 1. The fourth-order valence-corrected chi connectivity index (χ4v) is 2.34. The number of nitrogens with two attached hydrogens (primary N) is 1. The average molecular weight is 286 g/mol. The van der Waals surface area contributed by atoms with Crippen molar-refractivity contribution in [3.05, 3.63) is 53.5 Å². The molecule has 20 heavy (non-hydrogen) atoms. The van der Waals surface area contributed by atoms with Crippen molar-refractivity contribution < 1.29 is 0 Å². The SMILES string of the molecule is Cc1ccnc(N(C)CCc2ccncc2)c1C(N)=S. The fourth-order valence-electron chi connectivity index (χ4n) is 2.09. The lowest BCUT2D eigenvalue weighted by Gasteiger charge is -2.21. The molecule has 0 bridgehead atoms. The maximum absolute atomic E-state index is 5.82. The van der Waals surface area contributed by atoms with Crippen LogP contribution in [0, 0.1) is 6.92 Å². The van der Waals surface area contributed by atoms with Crippen LogP contribution in [-0.2, 0) is 6.42 Å². The molecule has 0 fully saturated rings. The smallest absolute Gasteiger partial charge is 0.138 e. The van der Waals surface area contributed by atoms with E-state index < -0.39 is 0 Å². The average Bonchev–Trinajstić information content (AvgIpc) is 2.45. The minimum Gasteiger partial charge on any atom is -0.389 e. The van der Waals surface area contributed by atoms with Crippen molar-refractivity contribution in [2.75, 3.05) is 18.5 Å². The Morgan fingerprint density at radius 2 is 1.95 bits per heavy atom. The number of rotatable bonds is 5.